The number of rotatable bonds is 1. The minimum absolute atomic E-state index is 0.866. The molecule has 0 atom stereocenters. The van der Waals surface area contributed by atoms with Gasteiger partial charge in [-0.2, -0.15) is 5.10 Å². The second-order valence-corrected chi connectivity index (χ2v) is 3.58. The third-order valence-corrected chi connectivity index (χ3v) is 2.77. The van der Waals surface area contributed by atoms with Crippen molar-refractivity contribution in [2.45, 2.75) is 13.0 Å². The predicted molar refractivity (Wildman–Crippen MR) is 55.7 cm³/mol. The van der Waals surface area contributed by atoms with E-state index in [0.717, 1.165) is 30.1 Å². The van der Waals surface area contributed by atoms with Crippen LogP contribution >= 0.6 is 0 Å². The standard InChI is InChI=1S/C11H11N3O/c1-15-9-3-2-8-4-5-14-11(10(8)6-9)12-7-13-14/h2-3,6-7H,4-5H2,1H3. The van der Waals surface area contributed by atoms with Gasteiger partial charge in [0.05, 0.1) is 7.11 Å². The number of fused-ring (bicyclic) bond motifs is 3. The van der Waals surface area contributed by atoms with E-state index in [2.05, 4.69) is 16.1 Å². The van der Waals surface area contributed by atoms with Gasteiger partial charge >= 0.3 is 0 Å². The summed E-state index contributed by atoms with van der Waals surface area (Å²) in [5.41, 5.74) is 2.45. The summed E-state index contributed by atoms with van der Waals surface area (Å²) in [6.07, 6.45) is 2.61. The second-order valence-electron chi connectivity index (χ2n) is 3.58. The van der Waals surface area contributed by atoms with Crippen LogP contribution in [-0.2, 0) is 13.0 Å². The molecule has 1 aromatic carbocycles. The fraction of sp³-hybridized carbons (Fsp3) is 0.273. The van der Waals surface area contributed by atoms with Crippen LogP contribution in [0.2, 0.25) is 0 Å². The van der Waals surface area contributed by atoms with E-state index < -0.39 is 0 Å². The average molecular weight is 201 g/mol. The number of ether oxygens (including phenoxy) is 1. The molecule has 0 spiro atoms. The molecule has 0 unspecified atom stereocenters. The lowest BCUT2D eigenvalue weighted by molar-refractivity contribution is 0.414. The van der Waals surface area contributed by atoms with Crippen LogP contribution in [0.1, 0.15) is 5.56 Å². The van der Waals surface area contributed by atoms with Crippen molar-refractivity contribution in [1.82, 2.24) is 14.8 Å². The Morgan fingerprint density at radius 1 is 1.40 bits per heavy atom. The topological polar surface area (TPSA) is 39.9 Å². The molecule has 4 heteroatoms. The smallest absolute Gasteiger partial charge is 0.158 e. The zero-order valence-electron chi connectivity index (χ0n) is 8.47. The van der Waals surface area contributed by atoms with Crippen LogP contribution in [-0.4, -0.2) is 21.9 Å². The fourth-order valence-corrected chi connectivity index (χ4v) is 1.97. The van der Waals surface area contributed by atoms with Gasteiger partial charge in [-0.15, -0.1) is 0 Å². The molecule has 0 N–H and O–H groups in total. The highest BCUT2D eigenvalue weighted by atomic mass is 16.5. The van der Waals surface area contributed by atoms with Crippen molar-refractivity contribution in [3.63, 3.8) is 0 Å². The Hall–Kier alpha value is -1.84. The molecule has 76 valence electrons. The molecule has 0 fully saturated rings. The molecule has 1 aliphatic heterocycles. The third kappa shape index (κ3) is 1.21. The molecule has 0 aliphatic carbocycles. The van der Waals surface area contributed by atoms with Gasteiger partial charge in [-0.3, -0.25) is 0 Å². The number of aromatic nitrogens is 3. The molecular formula is C11H11N3O. The molecule has 0 saturated carbocycles. The van der Waals surface area contributed by atoms with E-state index in [0.29, 0.717) is 0 Å². The van der Waals surface area contributed by atoms with E-state index in [1.165, 1.54) is 5.56 Å². The lowest BCUT2D eigenvalue weighted by atomic mass is 10.0. The van der Waals surface area contributed by atoms with Crippen molar-refractivity contribution >= 4 is 0 Å². The molecule has 0 amide bonds. The fourth-order valence-electron chi connectivity index (χ4n) is 1.97. The van der Waals surface area contributed by atoms with Gasteiger partial charge in [0.15, 0.2) is 5.82 Å². The van der Waals surface area contributed by atoms with Crippen LogP contribution in [0.4, 0.5) is 0 Å². The van der Waals surface area contributed by atoms with Crippen molar-refractivity contribution in [3.8, 4) is 17.1 Å². The first-order valence-electron chi connectivity index (χ1n) is 4.93. The first-order chi connectivity index (χ1) is 7.38. The number of nitrogens with zero attached hydrogens (tertiary/aromatic N) is 3. The number of hydrogen-bond acceptors (Lipinski definition) is 3. The summed E-state index contributed by atoms with van der Waals surface area (Å²) < 4.78 is 7.15. The zero-order valence-corrected chi connectivity index (χ0v) is 8.47. The number of hydrogen-bond donors (Lipinski definition) is 0. The van der Waals surface area contributed by atoms with Gasteiger partial charge in [0, 0.05) is 12.1 Å². The number of benzene rings is 1. The molecule has 15 heavy (non-hydrogen) atoms. The van der Waals surface area contributed by atoms with E-state index in [1.807, 2.05) is 16.8 Å². The van der Waals surface area contributed by atoms with Crippen molar-refractivity contribution < 1.29 is 4.74 Å². The summed E-state index contributed by atoms with van der Waals surface area (Å²) >= 11 is 0. The maximum absolute atomic E-state index is 5.21. The highest BCUT2D eigenvalue weighted by Gasteiger charge is 2.17. The van der Waals surface area contributed by atoms with Gasteiger partial charge < -0.3 is 4.74 Å². The van der Waals surface area contributed by atoms with Crippen LogP contribution in [0.25, 0.3) is 11.4 Å². The summed E-state index contributed by atoms with van der Waals surface area (Å²) in [5.74, 6) is 1.81. The van der Waals surface area contributed by atoms with E-state index in [9.17, 15) is 0 Å². The number of methoxy groups -OCH3 is 1. The van der Waals surface area contributed by atoms with E-state index in [4.69, 9.17) is 4.74 Å². The zero-order chi connectivity index (χ0) is 10.3. The monoisotopic (exact) mass is 201 g/mol. The second kappa shape index (κ2) is 3.08. The minimum atomic E-state index is 0.866. The Balaban J connectivity index is 2.21. The third-order valence-electron chi connectivity index (χ3n) is 2.77. The Labute approximate surface area is 87.5 Å². The molecule has 2 heterocycles. The SMILES string of the molecule is COc1ccc2c(c1)-c1ncnn1CC2. The molecular weight excluding hydrogens is 190 g/mol. The summed E-state index contributed by atoms with van der Waals surface area (Å²) in [4.78, 5) is 4.27. The normalized spacial score (nSPS) is 13.1. The van der Waals surface area contributed by atoms with Crippen molar-refractivity contribution in [2.75, 3.05) is 7.11 Å². The largest absolute Gasteiger partial charge is 0.497 e. The summed E-state index contributed by atoms with van der Waals surface area (Å²) in [6, 6.07) is 6.12. The van der Waals surface area contributed by atoms with Crippen LogP contribution in [0, 0.1) is 0 Å². The van der Waals surface area contributed by atoms with Gasteiger partial charge in [-0.25, -0.2) is 9.67 Å². The molecule has 1 aromatic heterocycles. The maximum atomic E-state index is 5.21. The minimum Gasteiger partial charge on any atom is -0.497 e. The molecule has 0 bridgehead atoms. The molecule has 1 aliphatic rings. The number of aryl methyl sites for hydroxylation is 2. The highest BCUT2D eigenvalue weighted by Crippen LogP contribution is 2.30. The summed E-state index contributed by atoms with van der Waals surface area (Å²) in [7, 11) is 1.68. The van der Waals surface area contributed by atoms with Gasteiger partial charge in [-0.05, 0) is 24.1 Å². The Morgan fingerprint density at radius 3 is 3.20 bits per heavy atom. The Morgan fingerprint density at radius 2 is 2.33 bits per heavy atom. The van der Waals surface area contributed by atoms with Crippen molar-refractivity contribution in [1.29, 1.82) is 0 Å². The van der Waals surface area contributed by atoms with E-state index in [1.54, 1.807) is 13.4 Å². The maximum Gasteiger partial charge on any atom is 0.158 e. The summed E-state index contributed by atoms with van der Waals surface area (Å²) in [6.45, 7) is 0.911. The highest BCUT2D eigenvalue weighted by molar-refractivity contribution is 5.64. The van der Waals surface area contributed by atoms with Crippen molar-refractivity contribution in [2.24, 2.45) is 0 Å². The van der Waals surface area contributed by atoms with Crippen LogP contribution in [0.5, 0.6) is 5.75 Å². The van der Waals surface area contributed by atoms with Gasteiger partial charge in [0.1, 0.15) is 12.1 Å². The van der Waals surface area contributed by atoms with Crippen molar-refractivity contribution in [3.05, 3.63) is 30.1 Å². The van der Waals surface area contributed by atoms with E-state index in [-0.39, 0.29) is 0 Å². The molecule has 0 saturated heterocycles. The Kier molecular flexibility index (Phi) is 1.74. The van der Waals surface area contributed by atoms with E-state index >= 15 is 0 Å². The summed E-state index contributed by atoms with van der Waals surface area (Å²) in [5, 5.41) is 4.18. The van der Waals surface area contributed by atoms with Crippen LogP contribution < -0.4 is 4.74 Å². The molecule has 0 radical (unpaired) electrons. The van der Waals surface area contributed by atoms with Crippen LogP contribution in [0.3, 0.4) is 0 Å². The average Bonchev–Trinajstić information content (AvgIpc) is 2.76. The predicted octanol–water partition coefficient (Wildman–Crippen LogP) is 1.51. The molecule has 4 nitrogen and oxygen atoms in total. The Bertz CT molecular complexity index is 504. The van der Waals surface area contributed by atoms with Crippen LogP contribution in [0.15, 0.2) is 24.5 Å². The quantitative estimate of drug-likeness (QED) is 0.702. The van der Waals surface area contributed by atoms with Gasteiger partial charge in [-0.1, -0.05) is 6.07 Å². The molecule has 2 aromatic rings. The molecule has 3 rings (SSSR count). The lowest BCUT2D eigenvalue weighted by Gasteiger charge is -2.17. The first-order valence-corrected chi connectivity index (χ1v) is 4.93. The van der Waals surface area contributed by atoms with Gasteiger partial charge in [0.2, 0.25) is 0 Å². The van der Waals surface area contributed by atoms with Gasteiger partial charge in [0.25, 0.3) is 0 Å². The first kappa shape index (κ1) is 8.47. The lowest BCUT2D eigenvalue weighted by Crippen LogP contribution is -2.12.